The second-order valence-corrected chi connectivity index (χ2v) is 9.82. The molecule has 0 N–H and O–H groups in total. The number of sulfonamides is 1. The van der Waals surface area contributed by atoms with Crippen molar-refractivity contribution in [1.29, 1.82) is 0 Å². The van der Waals surface area contributed by atoms with E-state index in [1.165, 1.54) is 30.7 Å². The van der Waals surface area contributed by atoms with E-state index in [0.29, 0.717) is 41.8 Å². The van der Waals surface area contributed by atoms with Crippen LogP contribution in [-0.2, 0) is 10.0 Å². The van der Waals surface area contributed by atoms with E-state index in [4.69, 9.17) is 18.9 Å². The highest BCUT2D eigenvalue weighted by atomic mass is 32.2. The highest BCUT2D eigenvalue weighted by Crippen LogP contribution is 2.40. The van der Waals surface area contributed by atoms with Gasteiger partial charge in [-0.25, -0.2) is 12.8 Å². The zero-order valence-electron chi connectivity index (χ0n) is 20.4. The Bertz CT molecular complexity index is 1300. The van der Waals surface area contributed by atoms with Crippen molar-refractivity contribution in [3.05, 3.63) is 48.3 Å². The summed E-state index contributed by atoms with van der Waals surface area (Å²) in [4.78, 5) is 1.84. The summed E-state index contributed by atoms with van der Waals surface area (Å²) in [5, 5.41) is 8.68. The van der Waals surface area contributed by atoms with E-state index in [2.05, 4.69) is 10.2 Å². The summed E-state index contributed by atoms with van der Waals surface area (Å²) in [7, 11) is 2.11. The van der Waals surface area contributed by atoms with Gasteiger partial charge in [-0.3, -0.25) is 0 Å². The lowest BCUT2D eigenvalue weighted by Crippen LogP contribution is -2.49. The smallest absolute Gasteiger partial charge is 0.243 e. The van der Waals surface area contributed by atoms with Gasteiger partial charge in [0.1, 0.15) is 0 Å². The average molecular weight is 519 g/mol. The van der Waals surface area contributed by atoms with Crippen LogP contribution in [0, 0.1) is 5.82 Å². The summed E-state index contributed by atoms with van der Waals surface area (Å²) in [5.41, 5.74) is 1.35. The van der Waals surface area contributed by atoms with Crippen molar-refractivity contribution in [2.45, 2.75) is 4.90 Å². The van der Waals surface area contributed by atoms with E-state index in [1.807, 2.05) is 17.0 Å². The fourth-order valence-electron chi connectivity index (χ4n) is 3.99. The van der Waals surface area contributed by atoms with E-state index in [9.17, 15) is 12.8 Å². The monoisotopic (exact) mass is 518 g/mol. The first kappa shape index (κ1) is 25.5. The lowest BCUT2D eigenvalue weighted by atomic mass is 10.1. The fourth-order valence-corrected chi connectivity index (χ4v) is 5.43. The molecule has 1 aliphatic heterocycles. The van der Waals surface area contributed by atoms with Crippen LogP contribution in [0.2, 0.25) is 0 Å². The van der Waals surface area contributed by atoms with Gasteiger partial charge in [0.25, 0.3) is 0 Å². The van der Waals surface area contributed by atoms with E-state index in [1.54, 1.807) is 26.4 Å². The number of ether oxygens (including phenoxy) is 4. The normalized spacial score (nSPS) is 14.4. The maximum atomic E-state index is 14.1. The molecule has 4 rings (SSSR count). The number of aromatic nitrogens is 2. The highest BCUT2D eigenvalue weighted by molar-refractivity contribution is 7.89. The van der Waals surface area contributed by atoms with Crippen molar-refractivity contribution in [2.24, 2.45) is 0 Å². The molecule has 192 valence electrons. The predicted molar refractivity (Wildman–Crippen MR) is 131 cm³/mol. The molecule has 1 fully saturated rings. The predicted octanol–water partition coefficient (Wildman–Crippen LogP) is 2.83. The Balaban J connectivity index is 1.47. The maximum absolute atomic E-state index is 14.1. The number of nitrogens with zero attached hydrogens (tertiary/aromatic N) is 4. The molecule has 1 aromatic heterocycles. The quantitative estimate of drug-likeness (QED) is 0.445. The van der Waals surface area contributed by atoms with Gasteiger partial charge in [0.2, 0.25) is 15.8 Å². The summed E-state index contributed by atoms with van der Waals surface area (Å²) in [6.45, 7) is 1.28. The summed E-state index contributed by atoms with van der Waals surface area (Å²) < 4.78 is 62.4. The van der Waals surface area contributed by atoms with Crippen LogP contribution >= 0.6 is 0 Å². The van der Waals surface area contributed by atoms with Crippen LogP contribution in [0.25, 0.3) is 11.3 Å². The second-order valence-electron chi connectivity index (χ2n) is 7.88. The summed E-state index contributed by atoms with van der Waals surface area (Å²) in [5.74, 6) is 1.39. The molecular weight excluding hydrogens is 491 g/mol. The van der Waals surface area contributed by atoms with Crippen LogP contribution in [0.4, 0.5) is 10.2 Å². The highest BCUT2D eigenvalue weighted by Gasteiger charge is 2.30. The lowest BCUT2D eigenvalue weighted by molar-refractivity contribution is 0.324. The van der Waals surface area contributed by atoms with E-state index < -0.39 is 15.8 Å². The number of anilines is 1. The third-order valence-electron chi connectivity index (χ3n) is 5.93. The minimum Gasteiger partial charge on any atom is -0.494 e. The van der Waals surface area contributed by atoms with Gasteiger partial charge in [0.05, 0.1) is 39.0 Å². The van der Waals surface area contributed by atoms with E-state index in [-0.39, 0.29) is 23.7 Å². The van der Waals surface area contributed by atoms with Crippen LogP contribution in [0.1, 0.15) is 0 Å². The van der Waals surface area contributed by atoms with Crippen LogP contribution in [0.15, 0.2) is 47.4 Å². The molecule has 0 radical (unpaired) electrons. The first-order valence-electron chi connectivity index (χ1n) is 11.0. The Morgan fingerprint density at radius 3 is 1.92 bits per heavy atom. The third kappa shape index (κ3) is 4.86. The molecule has 0 bridgehead atoms. The second kappa shape index (κ2) is 10.5. The molecule has 0 atom stereocenters. The van der Waals surface area contributed by atoms with Gasteiger partial charge in [0.15, 0.2) is 28.9 Å². The van der Waals surface area contributed by atoms with Crippen molar-refractivity contribution >= 4 is 15.8 Å². The van der Waals surface area contributed by atoms with Crippen molar-refractivity contribution in [2.75, 3.05) is 59.5 Å². The van der Waals surface area contributed by atoms with Crippen LogP contribution in [0.3, 0.4) is 0 Å². The topological polar surface area (TPSA) is 103 Å². The number of halogens is 1. The molecule has 1 saturated heterocycles. The molecule has 2 aromatic carbocycles. The van der Waals surface area contributed by atoms with Gasteiger partial charge in [-0.05, 0) is 42.5 Å². The van der Waals surface area contributed by atoms with Gasteiger partial charge in [-0.15, -0.1) is 10.2 Å². The number of methoxy groups -OCH3 is 4. The number of piperazine rings is 1. The molecule has 0 spiro atoms. The zero-order valence-corrected chi connectivity index (χ0v) is 21.2. The van der Waals surface area contributed by atoms with Gasteiger partial charge < -0.3 is 23.8 Å². The van der Waals surface area contributed by atoms with E-state index in [0.717, 1.165) is 11.6 Å². The summed E-state index contributed by atoms with van der Waals surface area (Å²) >= 11 is 0. The number of benzene rings is 2. The van der Waals surface area contributed by atoms with Gasteiger partial charge in [0, 0.05) is 31.7 Å². The Morgan fingerprint density at radius 2 is 1.42 bits per heavy atom. The Hall–Kier alpha value is -3.64. The molecule has 0 amide bonds. The molecule has 3 aromatic rings. The number of hydrogen-bond donors (Lipinski definition) is 0. The lowest BCUT2D eigenvalue weighted by Gasteiger charge is -2.34. The van der Waals surface area contributed by atoms with Crippen LogP contribution in [0.5, 0.6) is 23.0 Å². The minimum absolute atomic E-state index is 0.00711. The van der Waals surface area contributed by atoms with E-state index >= 15 is 0 Å². The van der Waals surface area contributed by atoms with Crippen molar-refractivity contribution < 1.29 is 31.8 Å². The van der Waals surface area contributed by atoms with Crippen molar-refractivity contribution in [1.82, 2.24) is 14.5 Å². The van der Waals surface area contributed by atoms with Crippen LogP contribution < -0.4 is 23.8 Å². The van der Waals surface area contributed by atoms with Gasteiger partial charge in [-0.2, -0.15) is 4.31 Å². The molecular formula is C24H27FN4O6S. The summed E-state index contributed by atoms with van der Waals surface area (Å²) in [6.07, 6.45) is 0. The first-order chi connectivity index (χ1) is 17.3. The first-order valence-corrected chi connectivity index (χ1v) is 12.5. The fraction of sp³-hybridized carbons (Fsp3) is 0.333. The molecule has 0 aliphatic carbocycles. The zero-order chi connectivity index (χ0) is 25.9. The molecule has 12 heteroatoms. The number of hydrogen-bond acceptors (Lipinski definition) is 9. The molecule has 36 heavy (non-hydrogen) atoms. The standard InChI is InChI=1S/C24H27FN4O6S/c1-32-20-7-5-17(15-18(20)25)36(30,31)29-11-9-28(10-12-29)23-8-6-19(26-27-23)16-13-21(33-2)24(35-4)22(14-16)34-3/h5-8,13-15H,9-12H2,1-4H3. The molecule has 10 nitrogen and oxygen atoms in total. The third-order valence-corrected chi connectivity index (χ3v) is 7.83. The van der Waals surface area contributed by atoms with Gasteiger partial charge in [-0.1, -0.05) is 0 Å². The Kier molecular flexibility index (Phi) is 7.45. The van der Waals surface area contributed by atoms with Crippen molar-refractivity contribution in [3.8, 4) is 34.3 Å². The molecule has 0 unspecified atom stereocenters. The average Bonchev–Trinajstić information content (AvgIpc) is 2.92. The Morgan fingerprint density at radius 1 is 0.778 bits per heavy atom. The largest absolute Gasteiger partial charge is 0.494 e. The molecule has 1 aliphatic rings. The Labute approximate surface area is 209 Å². The maximum Gasteiger partial charge on any atom is 0.243 e. The number of rotatable bonds is 8. The van der Waals surface area contributed by atoms with Crippen molar-refractivity contribution in [3.63, 3.8) is 0 Å². The summed E-state index contributed by atoms with van der Waals surface area (Å²) in [6, 6.07) is 10.9. The van der Waals surface area contributed by atoms with Crippen LogP contribution in [-0.4, -0.2) is 77.5 Å². The van der Waals surface area contributed by atoms with Gasteiger partial charge >= 0.3 is 0 Å². The molecule has 2 heterocycles. The molecule has 0 saturated carbocycles. The SMILES string of the molecule is COc1ccc(S(=O)(=O)N2CCN(c3ccc(-c4cc(OC)c(OC)c(OC)c4)nn3)CC2)cc1F. The minimum atomic E-state index is -3.84.